The van der Waals surface area contributed by atoms with E-state index < -0.39 is 0 Å². The zero-order valence-corrected chi connectivity index (χ0v) is 19.3. The number of guanidine groups is 1. The summed E-state index contributed by atoms with van der Waals surface area (Å²) in [7, 11) is 3.44. The third kappa shape index (κ3) is 8.89. The van der Waals surface area contributed by atoms with E-state index in [1.165, 1.54) is 4.88 Å². The van der Waals surface area contributed by atoms with Gasteiger partial charge in [-0.3, -0.25) is 4.99 Å². The summed E-state index contributed by atoms with van der Waals surface area (Å²) >= 11 is 1.78. The number of aromatic nitrogens is 1. The van der Waals surface area contributed by atoms with Gasteiger partial charge in [-0.1, -0.05) is 19.1 Å². The lowest BCUT2D eigenvalue weighted by Crippen LogP contribution is -2.37. The van der Waals surface area contributed by atoms with Gasteiger partial charge in [-0.25, -0.2) is 4.98 Å². The van der Waals surface area contributed by atoms with Crippen LogP contribution >= 0.6 is 35.3 Å². The Kier molecular flexibility index (Phi) is 12.0. The maximum Gasteiger partial charge on any atom is 0.191 e. The number of nitrogens with one attached hydrogen (secondary N) is 2. The van der Waals surface area contributed by atoms with E-state index in [9.17, 15) is 0 Å². The van der Waals surface area contributed by atoms with E-state index in [4.69, 9.17) is 9.47 Å². The maximum atomic E-state index is 5.64. The molecule has 0 amide bonds. The molecule has 0 aliphatic rings. The number of nitrogens with zero attached hydrogens (tertiary/aromatic N) is 2. The quantitative estimate of drug-likeness (QED) is 0.225. The van der Waals surface area contributed by atoms with Crippen LogP contribution in [0, 0.1) is 0 Å². The van der Waals surface area contributed by atoms with Crippen molar-refractivity contribution in [1.82, 2.24) is 15.6 Å². The van der Waals surface area contributed by atoms with Crippen molar-refractivity contribution < 1.29 is 9.47 Å². The molecule has 0 atom stereocenters. The zero-order valence-electron chi connectivity index (χ0n) is 16.2. The fourth-order valence-electron chi connectivity index (χ4n) is 2.31. The number of hydrogen-bond acceptors (Lipinski definition) is 5. The second kappa shape index (κ2) is 13.7. The largest absolute Gasteiger partial charge is 0.491 e. The van der Waals surface area contributed by atoms with Gasteiger partial charge in [0.15, 0.2) is 5.96 Å². The molecule has 1 aromatic carbocycles. The molecule has 0 spiro atoms. The predicted octanol–water partition coefficient (Wildman–Crippen LogP) is 3.26. The van der Waals surface area contributed by atoms with Crippen LogP contribution in [0.4, 0.5) is 0 Å². The Balaban J connectivity index is 0.00000364. The first-order chi connectivity index (χ1) is 12.7. The predicted molar refractivity (Wildman–Crippen MR) is 123 cm³/mol. The van der Waals surface area contributed by atoms with E-state index in [0.717, 1.165) is 41.7 Å². The summed E-state index contributed by atoms with van der Waals surface area (Å²) in [5.74, 6) is 1.63. The van der Waals surface area contributed by atoms with Crippen LogP contribution in [0.5, 0.6) is 5.75 Å². The third-order valence-electron chi connectivity index (χ3n) is 3.72. The molecule has 1 heterocycles. The molecule has 27 heavy (non-hydrogen) atoms. The molecule has 6 nitrogen and oxygen atoms in total. The Bertz CT molecular complexity index is 694. The Morgan fingerprint density at radius 3 is 2.81 bits per heavy atom. The lowest BCUT2D eigenvalue weighted by atomic mass is 10.2. The molecule has 2 N–H and O–H groups in total. The summed E-state index contributed by atoms with van der Waals surface area (Å²) in [5.41, 5.74) is 1.13. The number of thiazole rings is 1. The van der Waals surface area contributed by atoms with Crippen LogP contribution in [0.1, 0.15) is 22.4 Å². The van der Waals surface area contributed by atoms with Crippen LogP contribution in [0.15, 0.2) is 35.5 Å². The molecular weight excluding hydrogens is 475 g/mol. The fraction of sp³-hybridized carbons (Fsp3) is 0.474. The molecule has 1 aromatic heterocycles. The number of ether oxygens (including phenoxy) is 2. The van der Waals surface area contributed by atoms with Crippen LogP contribution in [0.3, 0.4) is 0 Å². The fourth-order valence-corrected chi connectivity index (χ4v) is 3.17. The van der Waals surface area contributed by atoms with Gasteiger partial charge in [0, 0.05) is 44.7 Å². The lowest BCUT2D eigenvalue weighted by Gasteiger charge is -2.12. The Hall–Kier alpha value is -1.39. The molecule has 0 bridgehead atoms. The Morgan fingerprint density at radius 1 is 1.26 bits per heavy atom. The molecule has 0 unspecified atom stereocenters. The monoisotopic (exact) mass is 504 g/mol. The zero-order chi connectivity index (χ0) is 18.6. The number of hydrogen-bond donors (Lipinski definition) is 2. The highest BCUT2D eigenvalue weighted by atomic mass is 127. The Morgan fingerprint density at radius 2 is 2.11 bits per heavy atom. The molecule has 2 rings (SSSR count). The highest BCUT2D eigenvalue weighted by molar-refractivity contribution is 14.0. The van der Waals surface area contributed by atoms with E-state index in [-0.39, 0.29) is 24.0 Å². The van der Waals surface area contributed by atoms with Crippen molar-refractivity contribution in [2.75, 3.05) is 33.9 Å². The highest BCUT2D eigenvalue weighted by Crippen LogP contribution is 2.14. The SMILES string of the molecule is CCc1cnc(CCNC(=NC)NCc2cccc(OCCOC)c2)s1.I. The first-order valence-electron chi connectivity index (χ1n) is 8.84. The van der Waals surface area contributed by atoms with Crippen LogP contribution in [-0.2, 0) is 24.1 Å². The van der Waals surface area contributed by atoms with Crippen LogP contribution in [-0.4, -0.2) is 44.9 Å². The Labute approximate surface area is 182 Å². The number of methoxy groups -OCH3 is 1. The second-order valence-corrected chi connectivity index (χ2v) is 6.86. The molecule has 2 aromatic rings. The normalized spacial score (nSPS) is 11.0. The van der Waals surface area contributed by atoms with Crippen LogP contribution in [0.2, 0.25) is 0 Å². The average molecular weight is 504 g/mol. The number of halogens is 1. The molecular formula is C19H29IN4O2S. The number of rotatable bonds is 10. The summed E-state index contributed by atoms with van der Waals surface area (Å²) in [6.45, 7) is 4.76. The van der Waals surface area contributed by atoms with E-state index >= 15 is 0 Å². The van der Waals surface area contributed by atoms with Gasteiger partial charge in [0.2, 0.25) is 0 Å². The first-order valence-corrected chi connectivity index (χ1v) is 9.65. The van der Waals surface area contributed by atoms with Crippen molar-refractivity contribution in [1.29, 1.82) is 0 Å². The van der Waals surface area contributed by atoms with Crippen LogP contribution in [0.25, 0.3) is 0 Å². The van der Waals surface area contributed by atoms with Gasteiger partial charge in [-0.2, -0.15) is 0 Å². The number of aryl methyl sites for hydroxylation is 1. The van der Waals surface area contributed by atoms with E-state index in [1.54, 1.807) is 25.5 Å². The third-order valence-corrected chi connectivity index (χ3v) is 4.92. The molecule has 0 radical (unpaired) electrons. The molecule has 150 valence electrons. The van der Waals surface area contributed by atoms with Gasteiger partial charge >= 0.3 is 0 Å². The summed E-state index contributed by atoms with van der Waals surface area (Å²) in [6, 6.07) is 8.02. The molecule has 8 heteroatoms. The topological polar surface area (TPSA) is 67.8 Å². The lowest BCUT2D eigenvalue weighted by molar-refractivity contribution is 0.146. The van der Waals surface area contributed by atoms with Crippen LogP contribution < -0.4 is 15.4 Å². The van der Waals surface area contributed by atoms with Crippen molar-refractivity contribution in [3.63, 3.8) is 0 Å². The van der Waals surface area contributed by atoms with Gasteiger partial charge in [-0.05, 0) is 24.1 Å². The van der Waals surface area contributed by atoms with Gasteiger partial charge in [0.1, 0.15) is 12.4 Å². The first kappa shape index (κ1) is 23.6. The van der Waals surface area contributed by atoms with E-state index in [1.807, 2.05) is 24.4 Å². The summed E-state index contributed by atoms with van der Waals surface area (Å²) < 4.78 is 10.6. The highest BCUT2D eigenvalue weighted by Gasteiger charge is 2.03. The van der Waals surface area contributed by atoms with Crippen molar-refractivity contribution in [3.05, 3.63) is 45.9 Å². The molecule has 0 saturated carbocycles. The van der Waals surface area contributed by atoms with Crippen molar-refractivity contribution in [3.8, 4) is 5.75 Å². The molecule has 0 aliphatic heterocycles. The molecule has 0 fully saturated rings. The molecule has 0 saturated heterocycles. The van der Waals surface area contributed by atoms with Gasteiger partial charge in [-0.15, -0.1) is 35.3 Å². The van der Waals surface area contributed by atoms with Crippen molar-refractivity contribution in [2.45, 2.75) is 26.3 Å². The van der Waals surface area contributed by atoms with Gasteiger partial charge in [0.25, 0.3) is 0 Å². The summed E-state index contributed by atoms with van der Waals surface area (Å²) in [5, 5.41) is 7.81. The summed E-state index contributed by atoms with van der Waals surface area (Å²) in [4.78, 5) is 10.0. The number of benzene rings is 1. The van der Waals surface area contributed by atoms with E-state index in [2.05, 4.69) is 33.6 Å². The standard InChI is InChI=1S/C19H28N4O2S.HI/c1-4-17-14-22-18(26-17)8-9-21-19(20-2)23-13-15-6-5-7-16(12-15)25-11-10-24-3;/h5-7,12,14H,4,8-11,13H2,1-3H3,(H2,20,21,23);1H. The maximum absolute atomic E-state index is 5.64. The second-order valence-electron chi connectivity index (χ2n) is 5.67. The van der Waals surface area contributed by atoms with Crippen molar-refractivity contribution in [2.24, 2.45) is 4.99 Å². The van der Waals surface area contributed by atoms with Crippen molar-refractivity contribution >= 4 is 41.3 Å². The number of aliphatic imine (C=N–C) groups is 1. The minimum atomic E-state index is 0. The smallest absolute Gasteiger partial charge is 0.191 e. The molecule has 0 aliphatic carbocycles. The average Bonchev–Trinajstić information content (AvgIpc) is 3.13. The van der Waals surface area contributed by atoms with E-state index in [0.29, 0.717) is 19.8 Å². The minimum absolute atomic E-state index is 0. The van der Waals surface area contributed by atoms with Gasteiger partial charge < -0.3 is 20.1 Å². The summed E-state index contributed by atoms with van der Waals surface area (Å²) in [6.07, 6.45) is 3.91. The minimum Gasteiger partial charge on any atom is -0.491 e. The van der Waals surface area contributed by atoms with Gasteiger partial charge in [0.05, 0.1) is 11.6 Å².